The summed E-state index contributed by atoms with van der Waals surface area (Å²) in [6, 6.07) is 9.04. The molecule has 0 aromatic heterocycles. The van der Waals surface area contributed by atoms with Crippen molar-refractivity contribution >= 4 is 12.0 Å². The number of methoxy groups -OCH3 is 1. The van der Waals surface area contributed by atoms with Crippen LogP contribution in [0.3, 0.4) is 0 Å². The average Bonchev–Trinajstić information content (AvgIpc) is 2.66. The van der Waals surface area contributed by atoms with Crippen LogP contribution in [-0.2, 0) is 16.1 Å². The molecule has 1 aromatic rings. The van der Waals surface area contributed by atoms with Gasteiger partial charge in [-0.3, -0.25) is 4.79 Å². The second-order valence-corrected chi connectivity index (χ2v) is 6.56. The molecule has 0 heterocycles. The largest absolute Gasteiger partial charge is 0.481 e. The van der Waals surface area contributed by atoms with Crippen molar-refractivity contribution in [1.82, 2.24) is 10.2 Å². The minimum atomic E-state index is -0.752. The van der Waals surface area contributed by atoms with Gasteiger partial charge in [-0.2, -0.15) is 5.26 Å². The summed E-state index contributed by atoms with van der Waals surface area (Å²) in [4.78, 5) is 25.4. The molecule has 2 N–H and O–H groups in total. The molecular weight excluding hydrogens is 334 g/mol. The van der Waals surface area contributed by atoms with E-state index in [1.807, 2.05) is 12.1 Å². The fourth-order valence-electron chi connectivity index (χ4n) is 3.11. The smallest absolute Gasteiger partial charge is 0.317 e. The van der Waals surface area contributed by atoms with E-state index in [1.165, 1.54) is 0 Å². The Morgan fingerprint density at radius 3 is 2.46 bits per heavy atom. The summed E-state index contributed by atoms with van der Waals surface area (Å²) in [7, 11) is 1.59. The van der Waals surface area contributed by atoms with Crippen LogP contribution < -0.4 is 5.32 Å². The third kappa shape index (κ3) is 5.74. The summed E-state index contributed by atoms with van der Waals surface area (Å²) >= 11 is 0. The number of aliphatic carboxylic acids is 1. The number of hydrogen-bond acceptors (Lipinski definition) is 4. The highest BCUT2D eigenvalue weighted by Gasteiger charge is 2.27. The molecule has 0 aliphatic heterocycles. The Labute approximate surface area is 153 Å². The Kier molecular flexibility index (Phi) is 7.42. The van der Waals surface area contributed by atoms with Crippen molar-refractivity contribution in [2.24, 2.45) is 5.92 Å². The Morgan fingerprint density at radius 2 is 1.92 bits per heavy atom. The van der Waals surface area contributed by atoms with E-state index in [4.69, 9.17) is 15.1 Å². The fraction of sp³-hybridized carbons (Fsp3) is 0.526. The molecule has 0 unspecified atom stereocenters. The van der Waals surface area contributed by atoms with Crippen LogP contribution in [0.5, 0.6) is 0 Å². The highest BCUT2D eigenvalue weighted by atomic mass is 16.5. The fourth-order valence-corrected chi connectivity index (χ4v) is 3.11. The molecule has 0 atom stereocenters. The quantitative estimate of drug-likeness (QED) is 0.778. The van der Waals surface area contributed by atoms with Crippen molar-refractivity contribution in [3.63, 3.8) is 0 Å². The number of nitrogens with one attached hydrogen (secondary N) is 1. The molecule has 1 saturated carbocycles. The van der Waals surface area contributed by atoms with Gasteiger partial charge in [-0.15, -0.1) is 0 Å². The first-order chi connectivity index (χ1) is 12.5. The normalized spacial score (nSPS) is 19.4. The molecule has 7 heteroatoms. The van der Waals surface area contributed by atoms with Crippen LogP contribution in [0, 0.1) is 17.2 Å². The number of nitriles is 1. The van der Waals surface area contributed by atoms with Crippen LogP contribution in [0.15, 0.2) is 24.3 Å². The number of urea groups is 1. The van der Waals surface area contributed by atoms with Gasteiger partial charge in [-0.05, 0) is 43.4 Å². The van der Waals surface area contributed by atoms with Crippen LogP contribution >= 0.6 is 0 Å². The molecule has 1 aromatic carbocycles. The van der Waals surface area contributed by atoms with Crippen LogP contribution in [0.4, 0.5) is 4.79 Å². The number of carbonyl (C=O) groups is 2. The summed E-state index contributed by atoms with van der Waals surface area (Å²) in [6.07, 6.45) is 2.54. The van der Waals surface area contributed by atoms with E-state index < -0.39 is 5.97 Å². The zero-order valence-electron chi connectivity index (χ0n) is 15.0. The van der Waals surface area contributed by atoms with Crippen LogP contribution in [0.2, 0.25) is 0 Å². The third-order valence-corrected chi connectivity index (χ3v) is 4.71. The number of carboxylic acid groups (broad SMARTS) is 1. The zero-order chi connectivity index (χ0) is 18.9. The number of ether oxygens (including phenoxy) is 1. The first kappa shape index (κ1) is 19.7. The van der Waals surface area contributed by atoms with E-state index >= 15 is 0 Å². The lowest BCUT2D eigenvalue weighted by molar-refractivity contribution is -0.142. The molecule has 1 fully saturated rings. The highest BCUT2D eigenvalue weighted by molar-refractivity contribution is 5.74. The zero-order valence-corrected chi connectivity index (χ0v) is 15.0. The molecule has 26 heavy (non-hydrogen) atoms. The number of carbonyl (C=O) groups excluding carboxylic acids is 1. The van der Waals surface area contributed by atoms with Gasteiger partial charge in [0.2, 0.25) is 0 Å². The van der Waals surface area contributed by atoms with Crippen LogP contribution in [0.25, 0.3) is 0 Å². The van der Waals surface area contributed by atoms with Gasteiger partial charge in [0.15, 0.2) is 0 Å². The number of carboxylic acids is 1. The molecule has 0 spiro atoms. The molecule has 2 rings (SSSR count). The lowest BCUT2D eigenvalue weighted by Gasteiger charge is -2.30. The topological polar surface area (TPSA) is 103 Å². The van der Waals surface area contributed by atoms with E-state index in [0.717, 1.165) is 5.56 Å². The monoisotopic (exact) mass is 359 g/mol. The maximum atomic E-state index is 12.7. The Morgan fingerprint density at radius 1 is 1.27 bits per heavy atom. The standard InChI is InChI=1S/C19H25N3O4/c1-26-11-10-22(13-15-4-2-14(12-20)3-5-15)19(25)21-17-8-6-16(7-9-17)18(23)24/h2-5,16-17H,6-11,13H2,1H3,(H,21,25)(H,23,24). The minimum absolute atomic E-state index is 0.00381. The minimum Gasteiger partial charge on any atom is -0.481 e. The molecule has 0 saturated heterocycles. The number of benzene rings is 1. The van der Waals surface area contributed by atoms with Crippen molar-refractivity contribution < 1.29 is 19.4 Å². The molecular formula is C19H25N3O4. The van der Waals surface area contributed by atoms with Gasteiger partial charge in [-0.25, -0.2) is 4.79 Å². The van der Waals surface area contributed by atoms with E-state index in [-0.39, 0.29) is 18.0 Å². The molecule has 1 aliphatic rings. The van der Waals surface area contributed by atoms with Gasteiger partial charge >= 0.3 is 12.0 Å². The number of hydrogen-bond donors (Lipinski definition) is 2. The summed E-state index contributed by atoms with van der Waals surface area (Å²) < 4.78 is 5.10. The molecule has 2 amide bonds. The van der Waals surface area contributed by atoms with Gasteiger partial charge in [0.25, 0.3) is 0 Å². The SMILES string of the molecule is COCCN(Cc1ccc(C#N)cc1)C(=O)NC1CCC(C(=O)O)CC1. The third-order valence-electron chi connectivity index (χ3n) is 4.71. The van der Waals surface area contributed by atoms with E-state index in [2.05, 4.69) is 11.4 Å². The Hall–Kier alpha value is -2.59. The van der Waals surface area contributed by atoms with Crippen molar-refractivity contribution in [2.45, 2.75) is 38.3 Å². The Balaban J connectivity index is 1.93. The van der Waals surface area contributed by atoms with Gasteiger partial charge in [0, 0.05) is 26.2 Å². The maximum Gasteiger partial charge on any atom is 0.317 e. The predicted molar refractivity (Wildman–Crippen MR) is 95.4 cm³/mol. The van der Waals surface area contributed by atoms with E-state index in [1.54, 1.807) is 24.1 Å². The van der Waals surface area contributed by atoms with Crippen molar-refractivity contribution in [2.75, 3.05) is 20.3 Å². The summed E-state index contributed by atoms with van der Waals surface area (Å²) in [5, 5.41) is 21.0. The van der Waals surface area contributed by atoms with E-state index in [9.17, 15) is 9.59 Å². The Bertz CT molecular complexity index is 646. The van der Waals surface area contributed by atoms with Crippen LogP contribution in [0.1, 0.15) is 36.8 Å². The van der Waals surface area contributed by atoms with Gasteiger partial charge in [0.05, 0.1) is 24.2 Å². The summed E-state index contributed by atoms with van der Waals surface area (Å²) in [6.45, 7) is 1.30. The lowest BCUT2D eigenvalue weighted by atomic mass is 9.86. The first-order valence-electron chi connectivity index (χ1n) is 8.79. The molecule has 0 radical (unpaired) electrons. The van der Waals surface area contributed by atoms with Gasteiger partial charge < -0.3 is 20.1 Å². The second-order valence-electron chi connectivity index (χ2n) is 6.56. The average molecular weight is 359 g/mol. The molecule has 1 aliphatic carbocycles. The molecule has 0 bridgehead atoms. The lowest BCUT2D eigenvalue weighted by Crippen LogP contribution is -2.47. The summed E-state index contributed by atoms with van der Waals surface area (Å²) in [5.74, 6) is -1.05. The van der Waals surface area contributed by atoms with Gasteiger partial charge in [-0.1, -0.05) is 12.1 Å². The van der Waals surface area contributed by atoms with Crippen LogP contribution in [-0.4, -0.2) is 48.3 Å². The number of rotatable bonds is 7. The van der Waals surface area contributed by atoms with Crippen molar-refractivity contribution in [3.05, 3.63) is 35.4 Å². The second kappa shape index (κ2) is 9.78. The summed E-state index contributed by atoms with van der Waals surface area (Å²) in [5.41, 5.74) is 1.52. The molecule has 7 nitrogen and oxygen atoms in total. The predicted octanol–water partition coefficient (Wildman–Crippen LogP) is 2.36. The highest BCUT2D eigenvalue weighted by Crippen LogP contribution is 2.24. The van der Waals surface area contributed by atoms with Crippen molar-refractivity contribution in [1.29, 1.82) is 5.26 Å². The number of amides is 2. The number of nitrogens with zero attached hydrogens (tertiary/aromatic N) is 2. The van der Waals surface area contributed by atoms with Crippen molar-refractivity contribution in [3.8, 4) is 6.07 Å². The maximum absolute atomic E-state index is 12.7. The first-order valence-corrected chi connectivity index (χ1v) is 8.79. The van der Waals surface area contributed by atoms with E-state index in [0.29, 0.717) is 50.9 Å². The molecule has 140 valence electrons. The van der Waals surface area contributed by atoms with Gasteiger partial charge in [0.1, 0.15) is 0 Å².